The van der Waals surface area contributed by atoms with Gasteiger partial charge in [0.25, 0.3) is 5.91 Å². The molecular formula is C19H25N5O3S. The molecule has 8 nitrogen and oxygen atoms in total. The zero-order valence-corrected chi connectivity index (χ0v) is 17.8. The number of H-pyrrole nitrogens is 1. The smallest absolute Gasteiger partial charge is 0.340 e. The molecule has 0 saturated heterocycles. The number of thioether (sulfide) groups is 1. The Balaban J connectivity index is 2.02. The van der Waals surface area contributed by atoms with Crippen LogP contribution in [0, 0.1) is 27.7 Å². The molecule has 0 saturated carbocycles. The maximum absolute atomic E-state index is 12.1. The lowest BCUT2D eigenvalue weighted by molar-refractivity contribution is -0.118. The van der Waals surface area contributed by atoms with Crippen LogP contribution in [0.1, 0.15) is 52.5 Å². The molecule has 9 heteroatoms. The Morgan fingerprint density at radius 1 is 1.21 bits per heavy atom. The van der Waals surface area contributed by atoms with Crippen molar-refractivity contribution < 1.29 is 14.3 Å². The summed E-state index contributed by atoms with van der Waals surface area (Å²) in [6, 6.07) is 1.88. The highest BCUT2D eigenvalue weighted by Crippen LogP contribution is 2.20. The van der Waals surface area contributed by atoms with E-state index in [4.69, 9.17) is 4.74 Å². The van der Waals surface area contributed by atoms with Crippen molar-refractivity contribution >= 4 is 29.4 Å². The van der Waals surface area contributed by atoms with E-state index in [1.54, 1.807) is 20.8 Å². The Hall–Kier alpha value is -2.68. The van der Waals surface area contributed by atoms with Crippen molar-refractivity contribution in [3.8, 4) is 0 Å². The molecule has 0 aliphatic carbocycles. The third-order valence-corrected chi connectivity index (χ3v) is 4.77. The summed E-state index contributed by atoms with van der Waals surface area (Å²) >= 11 is 1.25. The molecule has 0 atom stereocenters. The monoisotopic (exact) mass is 403 g/mol. The first kappa shape index (κ1) is 21.6. The van der Waals surface area contributed by atoms with Gasteiger partial charge in [-0.05, 0) is 53.2 Å². The molecule has 0 fully saturated rings. The van der Waals surface area contributed by atoms with Gasteiger partial charge in [-0.3, -0.25) is 4.79 Å². The molecule has 2 heterocycles. The second kappa shape index (κ2) is 9.50. The SMILES string of the molecule is CCOC(=O)c1c(C)[nH]c(/C(C)=N/NC(=O)CSc2nc(C)cc(C)n2)c1C. The summed E-state index contributed by atoms with van der Waals surface area (Å²) < 4.78 is 5.09. The largest absolute Gasteiger partial charge is 0.462 e. The fourth-order valence-electron chi connectivity index (χ4n) is 2.74. The van der Waals surface area contributed by atoms with Gasteiger partial charge in [0.05, 0.1) is 29.3 Å². The number of hydrogen-bond acceptors (Lipinski definition) is 7. The van der Waals surface area contributed by atoms with Crippen LogP contribution >= 0.6 is 11.8 Å². The van der Waals surface area contributed by atoms with Gasteiger partial charge < -0.3 is 9.72 Å². The number of amides is 1. The summed E-state index contributed by atoms with van der Waals surface area (Å²) in [6.45, 7) is 11.2. The standard InChI is InChI=1S/C19H25N5O3S/c1-7-27-18(26)16-12(4)17(22-13(16)5)14(6)23-24-15(25)9-28-19-20-10(2)8-11(3)21-19/h8,22H,7,9H2,1-6H3,(H,24,25)/b23-14+. The van der Waals surface area contributed by atoms with E-state index in [9.17, 15) is 9.59 Å². The summed E-state index contributed by atoms with van der Waals surface area (Å²) in [4.78, 5) is 35.9. The molecule has 0 aliphatic rings. The summed E-state index contributed by atoms with van der Waals surface area (Å²) in [5.74, 6) is -0.489. The minimum atomic E-state index is -0.373. The van der Waals surface area contributed by atoms with Crippen LogP contribution in [0.5, 0.6) is 0 Å². The molecular weight excluding hydrogens is 378 g/mol. The fourth-order valence-corrected chi connectivity index (χ4v) is 3.49. The van der Waals surface area contributed by atoms with Crippen molar-refractivity contribution in [1.29, 1.82) is 0 Å². The van der Waals surface area contributed by atoms with Crippen molar-refractivity contribution in [2.24, 2.45) is 5.10 Å². The van der Waals surface area contributed by atoms with E-state index in [-0.39, 0.29) is 17.6 Å². The summed E-state index contributed by atoms with van der Waals surface area (Å²) in [6.07, 6.45) is 0. The number of aromatic amines is 1. The topological polar surface area (TPSA) is 109 Å². The summed E-state index contributed by atoms with van der Waals surface area (Å²) in [5.41, 5.74) is 7.44. The van der Waals surface area contributed by atoms with E-state index >= 15 is 0 Å². The second-order valence-corrected chi connectivity index (χ2v) is 7.24. The Morgan fingerprint density at radius 3 is 2.46 bits per heavy atom. The van der Waals surface area contributed by atoms with Gasteiger partial charge in [0.1, 0.15) is 0 Å². The van der Waals surface area contributed by atoms with Gasteiger partial charge in [0, 0.05) is 17.1 Å². The lowest BCUT2D eigenvalue weighted by Gasteiger charge is -2.04. The molecule has 2 N–H and O–H groups in total. The normalized spacial score (nSPS) is 11.4. The van der Waals surface area contributed by atoms with Crippen LogP contribution in [-0.4, -0.2) is 44.9 Å². The minimum Gasteiger partial charge on any atom is -0.462 e. The Labute approximate surface area is 168 Å². The van der Waals surface area contributed by atoms with E-state index in [1.807, 2.05) is 26.8 Å². The average Bonchev–Trinajstić information content (AvgIpc) is 2.91. The maximum Gasteiger partial charge on any atom is 0.340 e. The van der Waals surface area contributed by atoms with Crippen LogP contribution in [0.25, 0.3) is 0 Å². The van der Waals surface area contributed by atoms with Gasteiger partial charge in [-0.1, -0.05) is 11.8 Å². The van der Waals surface area contributed by atoms with Gasteiger partial charge >= 0.3 is 5.97 Å². The van der Waals surface area contributed by atoms with Gasteiger partial charge in [0.15, 0.2) is 5.16 Å². The third-order valence-electron chi connectivity index (χ3n) is 3.92. The lowest BCUT2D eigenvalue weighted by Crippen LogP contribution is -2.21. The van der Waals surface area contributed by atoms with Gasteiger partial charge in [0.2, 0.25) is 0 Å². The second-order valence-electron chi connectivity index (χ2n) is 6.30. The van der Waals surface area contributed by atoms with Gasteiger partial charge in [-0.25, -0.2) is 20.2 Å². The Bertz CT molecular complexity index is 900. The predicted molar refractivity (Wildman–Crippen MR) is 109 cm³/mol. The zero-order chi connectivity index (χ0) is 20.8. The fraction of sp³-hybridized carbons (Fsp3) is 0.421. The molecule has 0 aromatic carbocycles. The molecule has 1 amide bonds. The van der Waals surface area contributed by atoms with Crippen LogP contribution in [-0.2, 0) is 9.53 Å². The number of rotatable bonds is 7. The summed E-state index contributed by atoms with van der Waals surface area (Å²) in [5, 5.41) is 4.70. The first-order chi connectivity index (χ1) is 13.2. The van der Waals surface area contributed by atoms with E-state index in [2.05, 4.69) is 25.5 Å². The van der Waals surface area contributed by atoms with Crippen molar-refractivity contribution in [2.75, 3.05) is 12.4 Å². The van der Waals surface area contributed by atoms with Crippen LogP contribution in [0.15, 0.2) is 16.3 Å². The first-order valence-electron chi connectivity index (χ1n) is 8.87. The number of hydrogen-bond donors (Lipinski definition) is 2. The van der Waals surface area contributed by atoms with Crippen molar-refractivity contribution in [2.45, 2.75) is 46.7 Å². The highest BCUT2D eigenvalue weighted by Gasteiger charge is 2.20. The molecule has 0 unspecified atom stereocenters. The predicted octanol–water partition coefficient (Wildman–Crippen LogP) is 2.85. The van der Waals surface area contributed by atoms with E-state index in [0.717, 1.165) is 17.0 Å². The molecule has 0 aliphatic heterocycles. The van der Waals surface area contributed by atoms with E-state index < -0.39 is 0 Å². The highest BCUT2D eigenvalue weighted by atomic mass is 32.2. The van der Waals surface area contributed by atoms with E-state index in [1.165, 1.54) is 11.8 Å². The van der Waals surface area contributed by atoms with Crippen molar-refractivity contribution in [3.05, 3.63) is 40.0 Å². The molecule has 0 spiro atoms. The molecule has 0 bridgehead atoms. The summed E-state index contributed by atoms with van der Waals surface area (Å²) in [7, 11) is 0. The van der Waals surface area contributed by atoms with Crippen LogP contribution < -0.4 is 5.43 Å². The van der Waals surface area contributed by atoms with Gasteiger partial charge in [-0.2, -0.15) is 5.10 Å². The maximum atomic E-state index is 12.1. The number of carbonyl (C=O) groups is 2. The number of aromatic nitrogens is 3. The number of nitrogens with one attached hydrogen (secondary N) is 2. The van der Waals surface area contributed by atoms with Crippen molar-refractivity contribution in [1.82, 2.24) is 20.4 Å². The third kappa shape index (κ3) is 5.41. The molecule has 2 aromatic heterocycles. The number of aryl methyl sites for hydroxylation is 3. The Morgan fingerprint density at radius 2 is 1.86 bits per heavy atom. The number of hydrazone groups is 1. The van der Waals surface area contributed by atoms with Gasteiger partial charge in [-0.15, -0.1) is 0 Å². The first-order valence-corrected chi connectivity index (χ1v) is 9.86. The Kier molecular flexibility index (Phi) is 7.33. The van der Waals surface area contributed by atoms with Crippen LogP contribution in [0.2, 0.25) is 0 Å². The molecule has 2 rings (SSSR count). The quantitative estimate of drug-likeness (QED) is 0.242. The highest BCUT2D eigenvalue weighted by molar-refractivity contribution is 7.99. The number of nitrogens with zero attached hydrogens (tertiary/aromatic N) is 3. The number of ether oxygens (including phenoxy) is 1. The molecule has 28 heavy (non-hydrogen) atoms. The van der Waals surface area contributed by atoms with Crippen LogP contribution in [0.3, 0.4) is 0 Å². The zero-order valence-electron chi connectivity index (χ0n) is 17.0. The number of esters is 1. The molecule has 0 radical (unpaired) electrons. The molecule has 2 aromatic rings. The van der Waals surface area contributed by atoms with E-state index in [0.29, 0.717) is 34.4 Å². The lowest BCUT2D eigenvalue weighted by atomic mass is 10.1. The van der Waals surface area contributed by atoms with Crippen molar-refractivity contribution in [3.63, 3.8) is 0 Å². The van der Waals surface area contributed by atoms with Crippen LogP contribution in [0.4, 0.5) is 0 Å². The number of carbonyl (C=O) groups excluding carboxylic acids is 2. The molecule has 150 valence electrons. The average molecular weight is 404 g/mol. The minimum absolute atomic E-state index is 0.149.